The maximum atomic E-state index is 12.1. The number of phenols is 1. The Morgan fingerprint density at radius 1 is 1.59 bits per heavy atom. The number of fused-ring (bicyclic) bond motifs is 1. The number of phenolic OH excluding ortho intramolecular Hbond substituents is 1. The zero-order chi connectivity index (χ0) is 12.6. The van der Waals surface area contributed by atoms with Crippen LogP contribution in [0.25, 0.3) is 10.9 Å². The molecule has 0 unspecified atom stereocenters. The second-order valence-electron chi connectivity index (χ2n) is 3.66. The number of nitrogens with zero attached hydrogens (tertiary/aromatic N) is 2. The van der Waals surface area contributed by atoms with Crippen LogP contribution in [0.4, 0.5) is 0 Å². The molecule has 0 saturated carbocycles. The van der Waals surface area contributed by atoms with Crippen molar-refractivity contribution in [3.05, 3.63) is 31.3 Å². The first-order valence-corrected chi connectivity index (χ1v) is 6.58. The molecule has 0 spiro atoms. The molecule has 0 aliphatic heterocycles. The van der Waals surface area contributed by atoms with Crippen molar-refractivity contribution in [3.63, 3.8) is 0 Å². The number of hydrogen-bond acceptors (Lipinski definition) is 3. The number of aryl methyl sites for hydroxylation is 1. The average molecular weight is 365 g/mol. The fraction of sp³-hybridized carbons (Fsp3) is 0.273. The van der Waals surface area contributed by atoms with E-state index in [1.165, 1.54) is 10.9 Å². The molecule has 0 atom stereocenters. The highest BCUT2D eigenvalue weighted by Crippen LogP contribution is 2.31. The molecule has 90 valence electrons. The van der Waals surface area contributed by atoms with Crippen LogP contribution >= 0.6 is 34.2 Å². The van der Waals surface area contributed by atoms with Gasteiger partial charge in [0.25, 0.3) is 5.56 Å². The standard InChI is InChI=1S/C11H10ClIN2O2/c1-2-3-15-5-14-9-8(11(15)17)6(12)4-7(13)10(9)16/h4-5,16H,2-3H2,1H3. The van der Waals surface area contributed by atoms with Crippen LogP contribution in [0.15, 0.2) is 17.2 Å². The van der Waals surface area contributed by atoms with Gasteiger partial charge in [0.05, 0.1) is 20.3 Å². The molecule has 1 N–H and O–H groups in total. The molecule has 1 aromatic heterocycles. The van der Waals surface area contributed by atoms with Crippen LogP contribution in [0.5, 0.6) is 5.75 Å². The van der Waals surface area contributed by atoms with E-state index >= 15 is 0 Å². The first-order valence-electron chi connectivity index (χ1n) is 5.12. The topological polar surface area (TPSA) is 55.1 Å². The summed E-state index contributed by atoms with van der Waals surface area (Å²) in [5, 5.41) is 10.5. The summed E-state index contributed by atoms with van der Waals surface area (Å²) < 4.78 is 2.08. The van der Waals surface area contributed by atoms with Crippen molar-refractivity contribution in [2.24, 2.45) is 0 Å². The highest BCUT2D eigenvalue weighted by atomic mass is 127. The summed E-state index contributed by atoms with van der Waals surface area (Å²) in [6, 6.07) is 1.57. The summed E-state index contributed by atoms with van der Waals surface area (Å²) in [4.78, 5) is 16.2. The van der Waals surface area contributed by atoms with Crippen LogP contribution in [0.3, 0.4) is 0 Å². The number of hydrogen-bond donors (Lipinski definition) is 1. The van der Waals surface area contributed by atoms with Crippen molar-refractivity contribution in [2.75, 3.05) is 0 Å². The van der Waals surface area contributed by atoms with Gasteiger partial charge in [0.2, 0.25) is 0 Å². The molecule has 4 nitrogen and oxygen atoms in total. The first kappa shape index (κ1) is 12.6. The third kappa shape index (κ3) is 2.13. The Labute approximate surface area is 116 Å². The molecule has 0 bridgehead atoms. The fourth-order valence-electron chi connectivity index (χ4n) is 1.65. The Balaban J connectivity index is 2.87. The predicted octanol–water partition coefficient (Wildman–Crippen LogP) is 2.77. The quantitative estimate of drug-likeness (QED) is 0.834. The lowest BCUT2D eigenvalue weighted by molar-refractivity contribution is 0.476. The van der Waals surface area contributed by atoms with Crippen LogP contribution in [0.1, 0.15) is 13.3 Å². The minimum Gasteiger partial charge on any atom is -0.505 e. The van der Waals surface area contributed by atoms with Gasteiger partial charge in [-0.25, -0.2) is 4.98 Å². The number of benzene rings is 1. The number of aromatic nitrogens is 2. The Morgan fingerprint density at radius 2 is 2.29 bits per heavy atom. The van der Waals surface area contributed by atoms with E-state index in [0.717, 1.165) is 6.42 Å². The number of rotatable bonds is 2. The second-order valence-corrected chi connectivity index (χ2v) is 5.22. The van der Waals surface area contributed by atoms with E-state index in [2.05, 4.69) is 4.98 Å². The Hall–Kier alpha value is -0.820. The van der Waals surface area contributed by atoms with Crippen LogP contribution in [0, 0.1) is 3.57 Å². The van der Waals surface area contributed by atoms with Gasteiger partial charge in [-0.3, -0.25) is 9.36 Å². The maximum absolute atomic E-state index is 12.1. The second kappa shape index (κ2) is 4.81. The molecular formula is C11H10ClIN2O2. The number of aromatic hydroxyl groups is 1. The summed E-state index contributed by atoms with van der Waals surface area (Å²) in [5.74, 6) is 0.00532. The van der Waals surface area contributed by atoms with Crippen molar-refractivity contribution in [1.82, 2.24) is 9.55 Å². The Morgan fingerprint density at radius 3 is 2.94 bits per heavy atom. The van der Waals surface area contributed by atoms with Gasteiger partial charge >= 0.3 is 0 Å². The van der Waals surface area contributed by atoms with Gasteiger partial charge < -0.3 is 5.11 Å². The van der Waals surface area contributed by atoms with E-state index in [4.69, 9.17) is 11.6 Å². The molecule has 1 heterocycles. The van der Waals surface area contributed by atoms with Crippen molar-refractivity contribution in [1.29, 1.82) is 0 Å². The molecule has 1 aromatic carbocycles. The van der Waals surface area contributed by atoms with Gasteiger partial charge in [0.15, 0.2) is 5.75 Å². The highest BCUT2D eigenvalue weighted by Gasteiger charge is 2.14. The summed E-state index contributed by atoms with van der Waals surface area (Å²) in [7, 11) is 0. The van der Waals surface area contributed by atoms with Crippen LogP contribution in [0.2, 0.25) is 5.02 Å². The van der Waals surface area contributed by atoms with E-state index in [1.54, 1.807) is 6.07 Å². The lowest BCUT2D eigenvalue weighted by Crippen LogP contribution is -2.20. The molecule has 0 saturated heterocycles. The normalized spacial score (nSPS) is 11.0. The predicted molar refractivity (Wildman–Crippen MR) is 75.7 cm³/mol. The minimum atomic E-state index is -0.214. The summed E-state index contributed by atoms with van der Waals surface area (Å²) >= 11 is 7.99. The van der Waals surface area contributed by atoms with Crippen molar-refractivity contribution < 1.29 is 5.11 Å². The molecule has 0 aliphatic carbocycles. The van der Waals surface area contributed by atoms with Crippen LogP contribution < -0.4 is 5.56 Å². The molecule has 0 radical (unpaired) electrons. The smallest absolute Gasteiger partial charge is 0.262 e. The molecule has 17 heavy (non-hydrogen) atoms. The average Bonchev–Trinajstić information content (AvgIpc) is 2.29. The molecule has 6 heteroatoms. The summed E-state index contributed by atoms with van der Waals surface area (Å²) in [5.41, 5.74) is 0.0489. The monoisotopic (exact) mass is 364 g/mol. The third-order valence-corrected chi connectivity index (χ3v) is 3.57. The first-order chi connectivity index (χ1) is 8.06. The van der Waals surface area contributed by atoms with Gasteiger partial charge in [-0.1, -0.05) is 18.5 Å². The summed E-state index contributed by atoms with van der Waals surface area (Å²) in [6.45, 7) is 2.56. The highest BCUT2D eigenvalue weighted by molar-refractivity contribution is 14.1. The Bertz CT molecular complexity index is 639. The van der Waals surface area contributed by atoms with Crippen LogP contribution in [-0.4, -0.2) is 14.7 Å². The van der Waals surface area contributed by atoms with Gasteiger partial charge in [0, 0.05) is 6.54 Å². The maximum Gasteiger partial charge on any atom is 0.262 e. The molecule has 2 aromatic rings. The molecule has 0 amide bonds. The zero-order valence-corrected chi connectivity index (χ0v) is 12.0. The zero-order valence-electron chi connectivity index (χ0n) is 9.07. The van der Waals surface area contributed by atoms with E-state index < -0.39 is 0 Å². The number of halogens is 2. The van der Waals surface area contributed by atoms with E-state index in [1.807, 2.05) is 29.5 Å². The molecule has 0 fully saturated rings. The SMILES string of the molecule is CCCn1cnc2c(O)c(I)cc(Cl)c2c1=O. The van der Waals surface area contributed by atoms with Crippen LogP contribution in [-0.2, 0) is 6.54 Å². The van der Waals surface area contributed by atoms with Crippen molar-refractivity contribution >= 4 is 45.1 Å². The fourth-order valence-corrected chi connectivity index (χ4v) is 2.68. The lowest BCUT2D eigenvalue weighted by atomic mass is 10.2. The Kier molecular flexibility index (Phi) is 3.58. The van der Waals surface area contributed by atoms with Gasteiger partial charge in [-0.2, -0.15) is 0 Å². The molecule has 2 rings (SSSR count). The third-order valence-electron chi connectivity index (χ3n) is 2.45. The summed E-state index contributed by atoms with van der Waals surface area (Å²) in [6.07, 6.45) is 2.28. The van der Waals surface area contributed by atoms with Crippen molar-refractivity contribution in [2.45, 2.75) is 19.9 Å². The largest absolute Gasteiger partial charge is 0.505 e. The van der Waals surface area contributed by atoms with E-state index in [0.29, 0.717) is 15.1 Å². The minimum absolute atomic E-state index is 0.00532. The van der Waals surface area contributed by atoms with Gasteiger partial charge in [-0.05, 0) is 35.1 Å². The van der Waals surface area contributed by atoms with Crippen molar-refractivity contribution in [3.8, 4) is 5.75 Å². The van der Waals surface area contributed by atoms with Gasteiger partial charge in [-0.15, -0.1) is 0 Å². The lowest BCUT2D eigenvalue weighted by Gasteiger charge is -2.08. The molecular weight excluding hydrogens is 354 g/mol. The van der Waals surface area contributed by atoms with E-state index in [9.17, 15) is 9.90 Å². The van der Waals surface area contributed by atoms with E-state index in [-0.39, 0.29) is 22.2 Å². The molecule has 0 aliphatic rings. The van der Waals surface area contributed by atoms with Gasteiger partial charge in [0.1, 0.15) is 5.52 Å².